The van der Waals surface area contributed by atoms with Crippen molar-refractivity contribution in [3.8, 4) is 0 Å². The molecule has 1 aliphatic rings. The largest absolute Gasteiger partial charge is 0.490 e. The first-order chi connectivity index (χ1) is 16.1. The van der Waals surface area contributed by atoms with E-state index >= 15 is 0 Å². The van der Waals surface area contributed by atoms with Gasteiger partial charge < -0.3 is 20.5 Å². The molecule has 0 saturated carbocycles. The quantitative estimate of drug-likeness (QED) is 0.494. The standard InChI is InChI=1S/C20H26N4O3.C2HF3O2/c1-15(25)21-10-5-8-19(26)22-12-18-20-17(9-11-27-18)14-24(23-20)13-16-6-3-2-4-7-16;3-2(4,5)1(6)7/h2-4,6-7,14,18H,5,8-13H2,1H3,(H,21,25)(H,22,26);(H,6,7). The lowest BCUT2D eigenvalue weighted by Crippen LogP contribution is -2.32. The number of aromatic nitrogens is 2. The molecule has 0 radical (unpaired) electrons. The Bertz CT molecular complexity index is 963. The van der Waals surface area contributed by atoms with E-state index in [1.54, 1.807) is 0 Å². The lowest BCUT2D eigenvalue weighted by Gasteiger charge is -2.22. The summed E-state index contributed by atoms with van der Waals surface area (Å²) in [5, 5.41) is 17.4. The van der Waals surface area contributed by atoms with Gasteiger partial charge in [0, 0.05) is 32.6 Å². The van der Waals surface area contributed by atoms with Crippen LogP contribution in [-0.2, 0) is 32.1 Å². The van der Waals surface area contributed by atoms with Gasteiger partial charge in [-0.3, -0.25) is 14.3 Å². The van der Waals surface area contributed by atoms with Crippen molar-refractivity contribution in [2.75, 3.05) is 19.7 Å². The number of carboxylic acids is 1. The van der Waals surface area contributed by atoms with Crippen molar-refractivity contribution < 1.29 is 37.4 Å². The first-order valence-corrected chi connectivity index (χ1v) is 10.6. The van der Waals surface area contributed by atoms with Crippen LogP contribution in [0.15, 0.2) is 36.5 Å². The van der Waals surface area contributed by atoms with Gasteiger partial charge in [-0.1, -0.05) is 30.3 Å². The van der Waals surface area contributed by atoms with Gasteiger partial charge in [-0.05, 0) is 24.0 Å². The molecule has 0 fully saturated rings. The van der Waals surface area contributed by atoms with Crippen LogP contribution < -0.4 is 10.6 Å². The molecule has 3 rings (SSSR count). The van der Waals surface area contributed by atoms with E-state index in [9.17, 15) is 22.8 Å². The second-order valence-corrected chi connectivity index (χ2v) is 7.53. The summed E-state index contributed by atoms with van der Waals surface area (Å²) in [5.74, 6) is -2.88. The Hall–Kier alpha value is -3.41. The highest BCUT2D eigenvalue weighted by atomic mass is 19.4. The number of fused-ring (bicyclic) bond motifs is 1. The molecule has 1 atom stereocenters. The van der Waals surface area contributed by atoms with Crippen molar-refractivity contribution in [1.82, 2.24) is 20.4 Å². The summed E-state index contributed by atoms with van der Waals surface area (Å²) < 4.78 is 39.5. The summed E-state index contributed by atoms with van der Waals surface area (Å²) >= 11 is 0. The Morgan fingerprint density at radius 3 is 2.50 bits per heavy atom. The van der Waals surface area contributed by atoms with E-state index in [-0.39, 0.29) is 17.9 Å². The zero-order valence-electron chi connectivity index (χ0n) is 18.6. The Kier molecular flexibility index (Phi) is 10.0. The van der Waals surface area contributed by atoms with Gasteiger partial charge >= 0.3 is 12.1 Å². The van der Waals surface area contributed by atoms with Gasteiger partial charge in [-0.15, -0.1) is 0 Å². The fourth-order valence-electron chi connectivity index (χ4n) is 3.15. The van der Waals surface area contributed by atoms with E-state index in [1.165, 1.54) is 18.1 Å². The van der Waals surface area contributed by atoms with Gasteiger partial charge in [0.15, 0.2) is 0 Å². The number of alkyl halides is 3. The number of nitrogens with zero attached hydrogens (tertiary/aromatic N) is 2. The van der Waals surface area contributed by atoms with E-state index in [0.717, 1.165) is 18.7 Å². The molecule has 12 heteroatoms. The number of nitrogens with one attached hydrogen (secondary N) is 2. The van der Waals surface area contributed by atoms with Gasteiger partial charge in [-0.2, -0.15) is 18.3 Å². The van der Waals surface area contributed by atoms with Gasteiger partial charge in [0.05, 0.1) is 18.8 Å². The number of hydrogen-bond donors (Lipinski definition) is 3. The Morgan fingerprint density at radius 2 is 1.88 bits per heavy atom. The van der Waals surface area contributed by atoms with E-state index in [1.807, 2.05) is 22.9 Å². The third kappa shape index (κ3) is 9.22. The summed E-state index contributed by atoms with van der Waals surface area (Å²) in [6.45, 7) is 3.74. The molecule has 2 heterocycles. The first-order valence-electron chi connectivity index (χ1n) is 10.6. The number of rotatable bonds is 8. The topological polar surface area (TPSA) is 123 Å². The fourth-order valence-corrected chi connectivity index (χ4v) is 3.15. The monoisotopic (exact) mass is 484 g/mol. The highest BCUT2D eigenvalue weighted by Gasteiger charge is 2.38. The van der Waals surface area contributed by atoms with Crippen molar-refractivity contribution in [3.05, 3.63) is 53.3 Å². The number of benzene rings is 1. The fraction of sp³-hybridized carbons (Fsp3) is 0.455. The number of aliphatic carboxylic acids is 1. The van der Waals surface area contributed by atoms with Crippen LogP contribution in [0.4, 0.5) is 13.2 Å². The SMILES string of the molecule is CC(=O)NCCCC(=O)NCC1OCCc2cn(Cc3ccccc3)nc21.O=C(O)C(F)(F)F. The highest BCUT2D eigenvalue weighted by Crippen LogP contribution is 2.25. The van der Waals surface area contributed by atoms with Crippen molar-refractivity contribution >= 4 is 17.8 Å². The summed E-state index contributed by atoms with van der Waals surface area (Å²) in [4.78, 5) is 31.7. The average molecular weight is 484 g/mol. The lowest BCUT2D eigenvalue weighted by molar-refractivity contribution is -0.192. The van der Waals surface area contributed by atoms with E-state index in [4.69, 9.17) is 19.7 Å². The Morgan fingerprint density at radius 1 is 1.21 bits per heavy atom. The third-order valence-electron chi connectivity index (χ3n) is 4.73. The van der Waals surface area contributed by atoms with Gasteiger partial charge in [-0.25, -0.2) is 4.79 Å². The number of ether oxygens (including phenoxy) is 1. The summed E-state index contributed by atoms with van der Waals surface area (Å²) in [6, 6.07) is 10.2. The van der Waals surface area contributed by atoms with Gasteiger partial charge in [0.2, 0.25) is 11.8 Å². The molecule has 34 heavy (non-hydrogen) atoms. The maximum absolute atomic E-state index is 12.0. The predicted molar refractivity (Wildman–Crippen MR) is 115 cm³/mol. The summed E-state index contributed by atoms with van der Waals surface area (Å²) in [7, 11) is 0. The molecule has 2 aromatic rings. The van der Waals surface area contributed by atoms with E-state index in [0.29, 0.717) is 32.5 Å². The summed E-state index contributed by atoms with van der Waals surface area (Å²) in [6.07, 6.45) is -1.39. The molecule has 9 nitrogen and oxygen atoms in total. The third-order valence-corrected chi connectivity index (χ3v) is 4.73. The zero-order valence-corrected chi connectivity index (χ0v) is 18.6. The van der Waals surface area contributed by atoms with Crippen molar-refractivity contribution in [2.24, 2.45) is 0 Å². The zero-order chi connectivity index (χ0) is 25.1. The van der Waals surface area contributed by atoms with Crippen molar-refractivity contribution in [3.63, 3.8) is 0 Å². The number of halogens is 3. The van der Waals surface area contributed by atoms with Gasteiger partial charge in [0.25, 0.3) is 0 Å². The molecule has 186 valence electrons. The molecule has 1 aromatic carbocycles. The van der Waals surface area contributed by atoms with Gasteiger partial charge in [0.1, 0.15) is 6.10 Å². The minimum atomic E-state index is -5.08. The van der Waals surface area contributed by atoms with Crippen molar-refractivity contribution in [2.45, 2.75) is 45.0 Å². The Labute approximate surface area is 194 Å². The highest BCUT2D eigenvalue weighted by molar-refractivity contribution is 5.76. The number of carbonyl (C=O) groups excluding carboxylic acids is 2. The number of carbonyl (C=O) groups is 3. The normalized spacial score (nSPS) is 14.9. The van der Waals surface area contributed by atoms with E-state index in [2.05, 4.69) is 29.0 Å². The molecule has 1 aromatic heterocycles. The smallest absolute Gasteiger partial charge is 0.475 e. The molecular weight excluding hydrogens is 457 g/mol. The number of amides is 2. The Balaban J connectivity index is 0.000000509. The summed E-state index contributed by atoms with van der Waals surface area (Å²) in [5.41, 5.74) is 3.29. The van der Waals surface area contributed by atoms with Crippen LogP contribution >= 0.6 is 0 Å². The second-order valence-electron chi connectivity index (χ2n) is 7.53. The molecule has 0 bridgehead atoms. The molecule has 1 aliphatic heterocycles. The molecule has 1 unspecified atom stereocenters. The van der Waals surface area contributed by atoms with Crippen LogP contribution in [0.25, 0.3) is 0 Å². The second kappa shape index (κ2) is 12.7. The maximum Gasteiger partial charge on any atom is 0.490 e. The predicted octanol–water partition coefficient (Wildman–Crippen LogP) is 2.21. The van der Waals surface area contributed by atoms with Crippen molar-refractivity contribution in [1.29, 1.82) is 0 Å². The van der Waals surface area contributed by atoms with E-state index < -0.39 is 12.1 Å². The molecule has 0 spiro atoms. The maximum atomic E-state index is 12.0. The van der Waals surface area contributed by atoms with Crippen LogP contribution in [0.3, 0.4) is 0 Å². The number of carboxylic acid groups (broad SMARTS) is 1. The molecule has 0 saturated heterocycles. The molecular formula is C22H27F3N4O5. The minimum Gasteiger partial charge on any atom is -0.475 e. The van der Waals surface area contributed by atoms with Crippen LogP contribution in [0.1, 0.15) is 42.7 Å². The molecule has 0 aliphatic carbocycles. The van der Waals surface area contributed by atoms with Crippen LogP contribution in [-0.4, -0.2) is 58.5 Å². The van der Waals surface area contributed by atoms with Crippen LogP contribution in [0, 0.1) is 0 Å². The average Bonchev–Trinajstić information content (AvgIpc) is 3.18. The first kappa shape index (κ1) is 26.8. The van der Waals surface area contributed by atoms with Crippen LogP contribution in [0.2, 0.25) is 0 Å². The molecule has 3 N–H and O–H groups in total. The minimum absolute atomic E-state index is 0.0419. The number of hydrogen-bond acceptors (Lipinski definition) is 5. The molecule has 2 amide bonds. The lowest BCUT2D eigenvalue weighted by atomic mass is 10.1. The van der Waals surface area contributed by atoms with Crippen LogP contribution in [0.5, 0.6) is 0 Å².